The van der Waals surface area contributed by atoms with Crippen LogP contribution in [0.1, 0.15) is 52.0 Å². The molecule has 0 radical (unpaired) electrons. The Kier molecular flexibility index (Phi) is 5.51. The van der Waals surface area contributed by atoms with Gasteiger partial charge >= 0.3 is 5.97 Å². The van der Waals surface area contributed by atoms with Crippen LogP contribution in [0.4, 0.5) is 5.69 Å². The fraction of sp³-hybridized carbons (Fsp3) is 0.184. The normalized spacial score (nSPS) is 14.2. The molecule has 8 rings (SSSR count). The van der Waals surface area contributed by atoms with E-state index in [4.69, 9.17) is 4.74 Å². The lowest BCUT2D eigenvalue weighted by Crippen LogP contribution is -2.30. The van der Waals surface area contributed by atoms with Crippen LogP contribution < -0.4 is 4.90 Å². The number of carbonyl (C=O) groups is 1. The number of nitrogens with one attached hydrogen (secondary N) is 2. The molecule has 1 aliphatic heterocycles. The van der Waals surface area contributed by atoms with Gasteiger partial charge in [0.25, 0.3) is 0 Å². The van der Waals surface area contributed by atoms with Crippen LogP contribution in [-0.4, -0.2) is 30.0 Å². The highest BCUT2D eigenvalue weighted by Crippen LogP contribution is 2.50. The number of nitrogens with zero attached hydrogens (tertiary/aromatic N) is 1. The van der Waals surface area contributed by atoms with Crippen molar-refractivity contribution in [1.29, 1.82) is 0 Å². The highest BCUT2D eigenvalue weighted by atomic mass is 16.6. The second kappa shape index (κ2) is 9.23. The Hall–Kier alpha value is -5.03. The van der Waals surface area contributed by atoms with E-state index >= 15 is 0 Å². The third kappa shape index (κ3) is 3.54. The van der Waals surface area contributed by atoms with Gasteiger partial charge in [0.05, 0.1) is 5.56 Å². The first-order chi connectivity index (χ1) is 20.9. The number of aryl methyl sites for hydroxylation is 2. The second-order valence-electron chi connectivity index (χ2n) is 11.9. The first-order valence-corrected chi connectivity index (χ1v) is 15.1. The van der Waals surface area contributed by atoms with Gasteiger partial charge in [0, 0.05) is 80.1 Å². The van der Waals surface area contributed by atoms with Crippen molar-refractivity contribution in [2.75, 3.05) is 19.0 Å². The molecule has 2 N–H and O–H groups in total. The Morgan fingerprint density at radius 1 is 0.674 bits per heavy atom. The van der Waals surface area contributed by atoms with Gasteiger partial charge in [0.1, 0.15) is 0 Å². The van der Waals surface area contributed by atoms with Gasteiger partial charge in [-0.05, 0) is 78.6 Å². The number of cyclic esters (lactones) is 1. The summed E-state index contributed by atoms with van der Waals surface area (Å²) in [5.74, 6) is -0.297. The van der Waals surface area contributed by atoms with Gasteiger partial charge in [-0.1, -0.05) is 50.2 Å². The fourth-order valence-electron chi connectivity index (χ4n) is 7.14. The van der Waals surface area contributed by atoms with Crippen molar-refractivity contribution in [2.45, 2.75) is 32.3 Å². The number of hydrogen-bond acceptors (Lipinski definition) is 3. The number of para-hydroxylation sites is 2. The maximum atomic E-state index is 13.8. The lowest BCUT2D eigenvalue weighted by molar-refractivity contribution is 0.0252. The van der Waals surface area contributed by atoms with E-state index in [9.17, 15) is 4.79 Å². The van der Waals surface area contributed by atoms with Crippen LogP contribution in [0, 0.1) is 0 Å². The van der Waals surface area contributed by atoms with E-state index in [2.05, 4.69) is 108 Å². The SMILES string of the molecule is CCc1cc(C2(c3cc(CC)c4[nH]c5ccccc5c4c3)OC(=O)c3ccc(N(C)C)cc32)cc2c1[nH]c1ccccc12. The average Bonchev–Trinajstić information content (AvgIpc) is 3.69. The Labute approximate surface area is 250 Å². The van der Waals surface area contributed by atoms with Crippen molar-refractivity contribution in [3.63, 3.8) is 0 Å². The van der Waals surface area contributed by atoms with Crippen molar-refractivity contribution in [1.82, 2.24) is 9.97 Å². The van der Waals surface area contributed by atoms with Crippen LogP contribution in [0.2, 0.25) is 0 Å². The number of benzene rings is 5. The minimum absolute atomic E-state index is 0.297. The average molecular weight is 564 g/mol. The maximum absolute atomic E-state index is 13.8. The topological polar surface area (TPSA) is 61.1 Å². The van der Waals surface area contributed by atoms with Crippen molar-refractivity contribution < 1.29 is 9.53 Å². The summed E-state index contributed by atoms with van der Waals surface area (Å²) in [6.07, 6.45) is 1.68. The molecule has 5 heteroatoms. The van der Waals surface area contributed by atoms with Gasteiger partial charge in [-0.25, -0.2) is 4.79 Å². The number of ether oxygens (including phenoxy) is 1. The monoisotopic (exact) mass is 563 g/mol. The zero-order valence-corrected chi connectivity index (χ0v) is 24.8. The summed E-state index contributed by atoms with van der Waals surface area (Å²) in [5.41, 5.74) is 10.2. The number of aromatic amines is 2. The van der Waals surface area contributed by atoms with Crippen LogP contribution >= 0.6 is 0 Å². The molecule has 0 unspecified atom stereocenters. The Morgan fingerprint density at radius 2 is 1.21 bits per heavy atom. The molecule has 0 saturated heterocycles. The van der Waals surface area contributed by atoms with Crippen LogP contribution in [0.3, 0.4) is 0 Å². The minimum atomic E-state index is -1.12. The largest absolute Gasteiger partial charge is 0.441 e. The first kappa shape index (κ1) is 25.7. The number of hydrogen-bond donors (Lipinski definition) is 2. The van der Waals surface area contributed by atoms with Gasteiger partial charge in [0.15, 0.2) is 5.60 Å². The molecule has 5 nitrogen and oxygen atoms in total. The molecule has 5 aromatic carbocycles. The molecule has 0 aliphatic carbocycles. The third-order valence-electron chi connectivity index (χ3n) is 9.33. The van der Waals surface area contributed by atoms with Crippen LogP contribution in [-0.2, 0) is 23.2 Å². The number of aromatic nitrogens is 2. The number of anilines is 1. The Morgan fingerprint density at radius 3 is 1.72 bits per heavy atom. The van der Waals surface area contributed by atoms with Gasteiger partial charge in [0.2, 0.25) is 0 Å². The zero-order valence-electron chi connectivity index (χ0n) is 24.8. The number of rotatable bonds is 5. The summed E-state index contributed by atoms with van der Waals surface area (Å²) < 4.78 is 6.72. The molecule has 0 saturated carbocycles. The van der Waals surface area contributed by atoms with Gasteiger partial charge in [-0.3, -0.25) is 0 Å². The van der Waals surface area contributed by atoms with Crippen molar-refractivity contribution in [2.24, 2.45) is 0 Å². The van der Waals surface area contributed by atoms with Gasteiger partial charge in [-0.15, -0.1) is 0 Å². The quantitative estimate of drug-likeness (QED) is 0.206. The molecule has 2 aromatic heterocycles. The number of H-pyrrole nitrogens is 2. The smallest absolute Gasteiger partial charge is 0.340 e. The Bertz CT molecular complexity index is 2130. The standard InChI is InChI=1S/C38H33N3O2/c1-5-22-17-24(19-30-27-11-7-9-13-33(27)39-35(22)30)38(32-21-26(41(3)4)15-16-29(32)37(42)43-38)25-18-23(6-2)36-31(20-25)28-12-8-10-14-34(28)40-36/h7-21,39-40H,5-6H2,1-4H3. The van der Waals surface area contributed by atoms with E-state index in [1.165, 1.54) is 11.1 Å². The lowest BCUT2D eigenvalue weighted by Gasteiger charge is -2.32. The maximum Gasteiger partial charge on any atom is 0.340 e. The molecule has 212 valence electrons. The number of esters is 1. The van der Waals surface area contributed by atoms with E-state index in [0.717, 1.165) is 78.8 Å². The first-order valence-electron chi connectivity index (χ1n) is 15.1. The molecule has 0 amide bonds. The predicted molar refractivity (Wildman–Crippen MR) is 176 cm³/mol. The van der Waals surface area contributed by atoms with Crippen LogP contribution in [0.25, 0.3) is 43.6 Å². The van der Waals surface area contributed by atoms with Crippen LogP contribution in [0.5, 0.6) is 0 Å². The molecule has 3 heterocycles. The molecule has 1 aliphatic rings. The predicted octanol–water partition coefficient (Wildman–Crippen LogP) is 8.61. The Balaban J connectivity index is 1.53. The summed E-state index contributed by atoms with van der Waals surface area (Å²) in [4.78, 5) is 23.2. The van der Waals surface area contributed by atoms with Crippen molar-refractivity contribution in [3.05, 3.63) is 124 Å². The third-order valence-corrected chi connectivity index (χ3v) is 9.33. The molecule has 0 bridgehead atoms. The summed E-state index contributed by atoms with van der Waals surface area (Å²) >= 11 is 0. The summed E-state index contributed by atoms with van der Waals surface area (Å²) in [6.45, 7) is 4.37. The van der Waals surface area contributed by atoms with E-state index in [-0.39, 0.29) is 5.97 Å². The van der Waals surface area contributed by atoms with Gasteiger partial charge < -0.3 is 19.6 Å². The highest BCUT2D eigenvalue weighted by molar-refractivity contribution is 6.10. The lowest BCUT2D eigenvalue weighted by atomic mass is 9.77. The molecular formula is C38H33N3O2. The number of fused-ring (bicyclic) bond motifs is 7. The molecule has 7 aromatic rings. The molecule has 0 spiro atoms. The second-order valence-corrected chi connectivity index (χ2v) is 11.9. The fourth-order valence-corrected chi connectivity index (χ4v) is 7.14. The zero-order chi connectivity index (χ0) is 29.5. The van der Waals surface area contributed by atoms with E-state index < -0.39 is 5.60 Å². The van der Waals surface area contributed by atoms with Crippen molar-refractivity contribution >= 4 is 55.3 Å². The van der Waals surface area contributed by atoms with E-state index in [1.807, 2.05) is 26.2 Å². The molecule has 0 atom stereocenters. The highest BCUT2D eigenvalue weighted by Gasteiger charge is 2.49. The van der Waals surface area contributed by atoms with E-state index in [1.54, 1.807) is 0 Å². The molecule has 43 heavy (non-hydrogen) atoms. The number of carbonyl (C=O) groups excluding carboxylic acids is 1. The van der Waals surface area contributed by atoms with Crippen molar-refractivity contribution in [3.8, 4) is 0 Å². The van der Waals surface area contributed by atoms with E-state index in [0.29, 0.717) is 5.56 Å². The summed E-state index contributed by atoms with van der Waals surface area (Å²) in [5, 5.41) is 4.61. The summed E-state index contributed by atoms with van der Waals surface area (Å²) in [6, 6.07) is 31.9. The van der Waals surface area contributed by atoms with Gasteiger partial charge in [-0.2, -0.15) is 0 Å². The molecular weight excluding hydrogens is 530 g/mol. The van der Waals surface area contributed by atoms with Crippen LogP contribution in [0.15, 0.2) is 91.0 Å². The molecule has 0 fully saturated rings. The minimum Gasteiger partial charge on any atom is -0.441 e. The summed E-state index contributed by atoms with van der Waals surface area (Å²) in [7, 11) is 4.06.